The van der Waals surface area contributed by atoms with Crippen molar-refractivity contribution in [3.8, 4) is 5.75 Å². The Bertz CT molecular complexity index is 429. The Morgan fingerprint density at radius 1 is 1.18 bits per heavy atom. The number of hydrogen-bond acceptors (Lipinski definition) is 3. The van der Waals surface area contributed by atoms with Gasteiger partial charge in [-0.25, -0.2) is 4.79 Å². The molecular formula is C14H16O3. The van der Waals surface area contributed by atoms with Crippen LogP contribution in [0.3, 0.4) is 0 Å². The average Bonchev–Trinajstić information content (AvgIpc) is 2.37. The molecule has 0 amide bonds. The first kappa shape index (κ1) is 13.0. The lowest BCUT2D eigenvalue weighted by molar-refractivity contribution is -0.135. The van der Waals surface area contributed by atoms with Gasteiger partial charge in [0.1, 0.15) is 5.75 Å². The zero-order chi connectivity index (χ0) is 12.8. The highest BCUT2D eigenvalue weighted by atomic mass is 16.5. The molecule has 0 aromatic heterocycles. The number of methoxy groups -OCH3 is 2. The SMILES string of the molecule is C=C(Cc1ccc(OC)cc1)C(=C)C(=O)OC. The van der Waals surface area contributed by atoms with E-state index in [-0.39, 0.29) is 0 Å². The second kappa shape index (κ2) is 5.89. The molecule has 1 rings (SSSR count). The van der Waals surface area contributed by atoms with Crippen molar-refractivity contribution in [3.05, 3.63) is 54.1 Å². The van der Waals surface area contributed by atoms with Crippen molar-refractivity contribution in [2.45, 2.75) is 6.42 Å². The Hall–Kier alpha value is -2.03. The zero-order valence-corrected chi connectivity index (χ0v) is 10.2. The van der Waals surface area contributed by atoms with Crippen LogP contribution < -0.4 is 4.74 Å². The van der Waals surface area contributed by atoms with Gasteiger partial charge in [0.05, 0.1) is 19.8 Å². The normalized spacial score (nSPS) is 9.53. The Kier molecular flexibility index (Phi) is 4.52. The number of rotatable bonds is 5. The van der Waals surface area contributed by atoms with Gasteiger partial charge in [-0.1, -0.05) is 25.3 Å². The molecule has 1 aromatic rings. The summed E-state index contributed by atoms with van der Waals surface area (Å²) >= 11 is 0. The quantitative estimate of drug-likeness (QED) is 0.444. The van der Waals surface area contributed by atoms with Crippen LogP contribution in [0.5, 0.6) is 5.75 Å². The van der Waals surface area contributed by atoms with Crippen LogP contribution in [0.1, 0.15) is 5.56 Å². The molecule has 0 atom stereocenters. The van der Waals surface area contributed by atoms with E-state index in [1.807, 2.05) is 24.3 Å². The smallest absolute Gasteiger partial charge is 0.337 e. The predicted molar refractivity (Wildman–Crippen MR) is 67.0 cm³/mol. The minimum Gasteiger partial charge on any atom is -0.497 e. The summed E-state index contributed by atoms with van der Waals surface area (Å²) in [6.07, 6.45) is 0.567. The highest BCUT2D eigenvalue weighted by molar-refractivity contribution is 5.92. The molecule has 3 nitrogen and oxygen atoms in total. The lowest BCUT2D eigenvalue weighted by atomic mass is 10.0. The topological polar surface area (TPSA) is 35.5 Å². The van der Waals surface area contributed by atoms with E-state index >= 15 is 0 Å². The number of benzene rings is 1. The van der Waals surface area contributed by atoms with E-state index < -0.39 is 5.97 Å². The third-order valence-electron chi connectivity index (χ3n) is 2.44. The van der Waals surface area contributed by atoms with Gasteiger partial charge in [-0.15, -0.1) is 0 Å². The van der Waals surface area contributed by atoms with E-state index in [0.717, 1.165) is 11.3 Å². The van der Waals surface area contributed by atoms with Crippen molar-refractivity contribution in [2.75, 3.05) is 14.2 Å². The molecule has 0 fully saturated rings. The summed E-state index contributed by atoms with van der Waals surface area (Å²) in [5, 5.41) is 0. The molecular weight excluding hydrogens is 216 g/mol. The summed E-state index contributed by atoms with van der Waals surface area (Å²) in [5.74, 6) is 0.356. The largest absolute Gasteiger partial charge is 0.497 e. The first-order valence-electron chi connectivity index (χ1n) is 5.16. The van der Waals surface area contributed by atoms with E-state index in [9.17, 15) is 4.79 Å². The zero-order valence-electron chi connectivity index (χ0n) is 10.2. The fourth-order valence-corrected chi connectivity index (χ4v) is 1.36. The number of carbonyl (C=O) groups is 1. The Morgan fingerprint density at radius 2 is 1.76 bits per heavy atom. The summed E-state index contributed by atoms with van der Waals surface area (Å²) in [4.78, 5) is 11.2. The van der Waals surface area contributed by atoms with Crippen LogP contribution in [-0.4, -0.2) is 20.2 Å². The molecule has 17 heavy (non-hydrogen) atoms. The molecule has 3 heteroatoms. The second-order valence-electron chi connectivity index (χ2n) is 3.60. The maximum Gasteiger partial charge on any atom is 0.337 e. The third-order valence-corrected chi connectivity index (χ3v) is 2.44. The number of hydrogen-bond donors (Lipinski definition) is 0. The van der Waals surface area contributed by atoms with Gasteiger partial charge in [0, 0.05) is 0 Å². The van der Waals surface area contributed by atoms with Gasteiger partial charge in [-0.05, 0) is 29.7 Å². The van der Waals surface area contributed by atoms with Crippen LogP contribution in [0.4, 0.5) is 0 Å². The first-order valence-corrected chi connectivity index (χ1v) is 5.16. The van der Waals surface area contributed by atoms with Gasteiger partial charge >= 0.3 is 5.97 Å². The molecule has 0 saturated heterocycles. The minimum absolute atomic E-state index is 0.309. The highest BCUT2D eigenvalue weighted by Crippen LogP contribution is 2.17. The fourth-order valence-electron chi connectivity index (χ4n) is 1.36. The van der Waals surface area contributed by atoms with Gasteiger partial charge in [0.2, 0.25) is 0 Å². The molecule has 0 radical (unpaired) electrons. The molecule has 0 saturated carbocycles. The van der Waals surface area contributed by atoms with E-state index in [0.29, 0.717) is 17.6 Å². The predicted octanol–water partition coefficient (Wildman–Crippen LogP) is 2.52. The monoisotopic (exact) mass is 232 g/mol. The molecule has 0 heterocycles. The van der Waals surface area contributed by atoms with Gasteiger partial charge in [-0.2, -0.15) is 0 Å². The van der Waals surface area contributed by atoms with Gasteiger partial charge in [0.15, 0.2) is 0 Å². The fraction of sp³-hybridized carbons (Fsp3) is 0.214. The summed E-state index contributed by atoms with van der Waals surface area (Å²) in [5.41, 5.74) is 2.01. The molecule has 90 valence electrons. The van der Waals surface area contributed by atoms with Gasteiger partial charge in [-0.3, -0.25) is 0 Å². The minimum atomic E-state index is -0.441. The maximum absolute atomic E-state index is 11.2. The van der Waals surface area contributed by atoms with E-state index in [4.69, 9.17) is 4.74 Å². The molecule has 0 unspecified atom stereocenters. The molecule has 0 bridgehead atoms. The number of esters is 1. The standard InChI is InChI=1S/C14H16O3/c1-10(11(2)14(15)17-4)9-12-5-7-13(16-3)8-6-12/h5-8H,1-2,9H2,3-4H3. The highest BCUT2D eigenvalue weighted by Gasteiger charge is 2.10. The molecule has 0 aliphatic carbocycles. The Balaban J connectivity index is 2.67. The van der Waals surface area contributed by atoms with Crippen LogP contribution in [0.15, 0.2) is 48.6 Å². The maximum atomic E-state index is 11.2. The summed E-state index contributed by atoms with van der Waals surface area (Å²) < 4.78 is 9.65. The molecule has 0 aliphatic heterocycles. The summed E-state index contributed by atoms with van der Waals surface area (Å²) in [7, 11) is 2.95. The van der Waals surface area contributed by atoms with E-state index in [2.05, 4.69) is 17.9 Å². The molecule has 1 aromatic carbocycles. The van der Waals surface area contributed by atoms with Crippen molar-refractivity contribution in [2.24, 2.45) is 0 Å². The number of ether oxygens (including phenoxy) is 2. The van der Waals surface area contributed by atoms with Crippen molar-refractivity contribution in [3.63, 3.8) is 0 Å². The van der Waals surface area contributed by atoms with Crippen LogP contribution in [-0.2, 0) is 16.0 Å². The molecule has 0 spiro atoms. The Morgan fingerprint density at radius 3 is 2.24 bits per heavy atom. The summed E-state index contributed by atoms with van der Waals surface area (Å²) in [6, 6.07) is 7.58. The molecule has 0 N–H and O–H groups in total. The Labute approximate surface area is 101 Å². The number of carbonyl (C=O) groups excluding carboxylic acids is 1. The first-order chi connectivity index (χ1) is 8.08. The van der Waals surface area contributed by atoms with Crippen LogP contribution in [0.2, 0.25) is 0 Å². The van der Waals surface area contributed by atoms with Crippen molar-refractivity contribution in [1.29, 1.82) is 0 Å². The van der Waals surface area contributed by atoms with Crippen molar-refractivity contribution in [1.82, 2.24) is 0 Å². The van der Waals surface area contributed by atoms with Crippen LogP contribution in [0.25, 0.3) is 0 Å². The van der Waals surface area contributed by atoms with Crippen molar-refractivity contribution >= 4 is 5.97 Å². The van der Waals surface area contributed by atoms with Crippen LogP contribution >= 0.6 is 0 Å². The summed E-state index contributed by atoms with van der Waals surface area (Å²) in [6.45, 7) is 7.49. The van der Waals surface area contributed by atoms with Gasteiger partial charge in [0.25, 0.3) is 0 Å². The van der Waals surface area contributed by atoms with E-state index in [1.54, 1.807) is 7.11 Å². The molecule has 0 aliphatic rings. The lowest BCUT2D eigenvalue weighted by Gasteiger charge is -2.08. The van der Waals surface area contributed by atoms with Gasteiger partial charge < -0.3 is 9.47 Å². The van der Waals surface area contributed by atoms with Crippen molar-refractivity contribution < 1.29 is 14.3 Å². The lowest BCUT2D eigenvalue weighted by Crippen LogP contribution is -2.06. The average molecular weight is 232 g/mol. The van der Waals surface area contributed by atoms with Crippen LogP contribution in [0, 0.1) is 0 Å². The second-order valence-corrected chi connectivity index (χ2v) is 3.60. The van der Waals surface area contributed by atoms with E-state index in [1.165, 1.54) is 7.11 Å². The third kappa shape index (κ3) is 3.48.